The van der Waals surface area contributed by atoms with E-state index in [0.717, 1.165) is 0 Å². The first kappa shape index (κ1) is 20.6. The monoisotopic (exact) mass is 427 g/mol. The van der Waals surface area contributed by atoms with Gasteiger partial charge in [0, 0.05) is 24.2 Å². The smallest absolute Gasteiger partial charge is 0.260 e. The molecule has 10 heteroatoms. The Morgan fingerprint density at radius 3 is 2.50 bits per heavy atom. The van der Waals surface area contributed by atoms with Crippen LogP contribution in [0.15, 0.2) is 33.7 Å². The summed E-state index contributed by atoms with van der Waals surface area (Å²) in [4.78, 5) is 14.1. The highest BCUT2D eigenvalue weighted by molar-refractivity contribution is 7.89. The van der Waals surface area contributed by atoms with Crippen LogP contribution in [-0.4, -0.2) is 50.1 Å². The zero-order chi connectivity index (χ0) is 20.3. The Balaban J connectivity index is 1.50. The van der Waals surface area contributed by atoms with Gasteiger partial charge in [-0.1, -0.05) is 16.8 Å². The maximum atomic E-state index is 12.6. The third-order valence-corrected chi connectivity index (χ3v) is 6.60. The molecule has 0 atom stereocenters. The number of hydrogen-bond acceptors (Lipinski definition) is 6. The van der Waals surface area contributed by atoms with Crippen molar-refractivity contribution in [3.63, 3.8) is 0 Å². The van der Waals surface area contributed by atoms with Crippen LogP contribution in [0.4, 0.5) is 0 Å². The second-order valence-corrected chi connectivity index (χ2v) is 8.76. The highest BCUT2D eigenvalue weighted by atomic mass is 35.5. The van der Waals surface area contributed by atoms with Gasteiger partial charge in [0.2, 0.25) is 10.0 Å². The normalized spacial score (nSPS) is 15.6. The van der Waals surface area contributed by atoms with Crippen LogP contribution in [0, 0.1) is 13.8 Å². The van der Waals surface area contributed by atoms with Crippen molar-refractivity contribution in [1.82, 2.24) is 14.8 Å². The molecule has 1 aromatic heterocycles. The Morgan fingerprint density at radius 1 is 1.29 bits per heavy atom. The molecule has 0 saturated carbocycles. The van der Waals surface area contributed by atoms with Crippen LogP contribution in [-0.2, 0) is 14.8 Å². The number of nitrogens with one attached hydrogen (secondary N) is 1. The van der Waals surface area contributed by atoms with Crippen molar-refractivity contribution < 1.29 is 22.5 Å². The number of ether oxygens (including phenoxy) is 1. The number of amides is 1. The molecule has 2 heterocycles. The minimum Gasteiger partial charge on any atom is -0.484 e. The van der Waals surface area contributed by atoms with Crippen LogP contribution in [0.1, 0.15) is 24.3 Å². The van der Waals surface area contributed by atoms with Crippen molar-refractivity contribution in [2.75, 3.05) is 19.7 Å². The Morgan fingerprint density at radius 2 is 1.93 bits per heavy atom. The molecule has 0 unspecified atom stereocenters. The molecule has 1 saturated heterocycles. The zero-order valence-electron chi connectivity index (χ0n) is 15.6. The van der Waals surface area contributed by atoms with E-state index in [-0.39, 0.29) is 29.2 Å². The van der Waals surface area contributed by atoms with Gasteiger partial charge >= 0.3 is 0 Å². The summed E-state index contributed by atoms with van der Waals surface area (Å²) in [6.45, 7) is 4.00. The molecule has 1 N–H and O–H groups in total. The molecule has 1 aromatic carbocycles. The van der Waals surface area contributed by atoms with Crippen LogP contribution in [0.3, 0.4) is 0 Å². The van der Waals surface area contributed by atoms with E-state index < -0.39 is 10.0 Å². The summed E-state index contributed by atoms with van der Waals surface area (Å²) in [6.07, 6.45) is 1.05. The molecule has 0 bridgehead atoms. The average molecular weight is 428 g/mol. The standard InChI is InChI=1S/C18H22ClN3O5S/c1-12-18(13(2)27-20-12)28(24,25)21-15-7-9-22(10-8-15)17(23)11-26-16-5-3-14(19)4-6-16/h3-6,15,21H,7-11H2,1-2H3. The molecular weight excluding hydrogens is 406 g/mol. The molecule has 1 amide bonds. The van der Waals surface area contributed by atoms with Crippen molar-refractivity contribution in [1.29, 1.82) is 0 Å². The van der Waals surface area contributed by atoms with Gasteiger partial charge in [0.15, 0.2) is 12.4 Å². The largest absolute Gasteiger partial charge is 0.484 e. The molecule has 152 valence electrons. The van der Waals surface area contributed by atoms with E-state index in [4.69, 9.17) is 20.9 Å². The maximum Gasteiger partial charge on any atom is 0.260 e. The van der Waals surface area contributed by atoms with E-state index >= 15 is 0 Å². The predicted molar refractivity (Wildman–Crippen MR) is 103 cm³/mol. The lowest BCUT2D eigenvalue weighted by Gasteiger charge is -2.32. The number of likely N-dealkylation sites (tertiary alicyclic amines) is 1. The van der Waals surface area contributed by atoms with Crippen LogP contribution in [0.5, 0.6) is 5.75 Å². The number of aryl methyl sites for hydroxylation is 2. The lowest BCUT2D eigenvalue weighted by atomic mass is 10.1. The van der Waals surface area contributed by atoms with Crippen molar-refractivity contribution >= 4 is 27.5 Å². The molecule has 28 heavy (non-hydrogen) atoms. The van der Waals surface area contributed by atoms with E-state index in [2.05, 4.69) is 9.88 Å². The number of halogens is 1. The first-order valence-corrected chi connectivity index (χ1v) is 10.7. The number of carbonyl (C=O) groups excluding carboxylic acids is 1. The molecule has 8 nitrogen and oxygen atoms in total. The lowest BCUT2D eigenvalue weighted by Crippen LogP contribution is -2.47. The van der Waals surface area contributed by atoms with Crippen molar-refractivity contribution in [3.8, 4) is 5.75 Å². The Labute approximate surface area is 168 Å². The van der Waals surface area contributed by atoms with Gasteiger partial charge in [-0.05, 0) is 51.0 Å². The summed E-state index contributed by atoms with van der Waals surface area (Å²) in [7, 11) is -3.71. The highest BCUT2D eigenvalue weighted by Gasteiger charge is 2.30. The fourth-order valence-electron chi connectivity index (χ4n) is 3.15. The molecule has 3 rings (SSSR count). The zero-order valence-corrected chi connectivity index (χ0v) is 17.2. The Hall–Kier alpha value is -2.10. The van der Waals surface area contributed by atoms with Gasteiger partial charge in [-0.25, -0.2) is 13.1 Å². The van der Waals surface area contributed by atoms with Gasteiger partial charge in [-0.15, -0.1) is 0 Å². The van der Waals surface area contributed by atoms with Gasteiger partial charge in [0.05, 0.1) is 0 Å². The summed E-state index contributed by atoms with van der Waals surface area (Å²) < 4.78 is 38.3. The number of aromatic nitrogens is 1. The number of carbonyl (C=O) groups is 1. The number of nitrogens with zero attached hydrogens (tertiary/aromatic N) is 2. The third-order valence-electron chi connectivity index (χ3n) is 4.58. The first-order chi connectivity index (χ1) is 13.3. The summed E-state index contributed by atoms with van der Waals surface area (Å²) >= 11 is 5.82. The van der Waals surface area contributed by atoms with Crippen LogP contribution < -0.4 is 9.46 Å². The summed E-state index contributed by atoms with van der Waals surface area (Å²) in [6, 6.07) is 6.53. The van der Waals surface area contributed by atoms with Crippen LogP contribution >= 0.6 is 11.6 Å². The first-order valence-electron chi connectivity index (χ1n) is 8.87. The SMILES string of the molecule is Cc1noc(C)c1S(=O)(=O)NC1CCN(C(=O)COc2ccc(Cl)cc2)CC1. The molecule has 1 aliphatic heterocycles. The van der Waals surface area contributed by atoms with E-state index in [9.17, 15) is 13.2 Å². The number of sulfonamides is 1. The Bertz CT molecular complexity index is 915. The molecule has 0 spiro atoms. The number of rotatable bonds is 6. The second kappa shape index (κ2) is 8.50. The number of piperidine rings is 1. The van der Waals surface area contributed by atoms with E-state index in [1.807, 2.05) is 0 Å². The molecule has 1 aliphatic rings. The van der Waals surface area contributed by atoms with E-state index in [0.29, 0.717) is 42.4 Å². The summed E-state index contributed by atoms with van der Waals surface area (Å²) in [5.41, 5.74) is 0.331. The molecule has 0 radical (unpaired) electrons. The van der Waals surface area contributed by atoms with Crippen molar-refractivity contribution in [2.45, 2.75) is 37.6 Å². The molecule has 0 aliphatic carbocycles. The number of hydrogen-bond donors (Lipinski definition) is 1. The van der Waals surface area contributed by atoms with Gasteiger partial charge in [0.25, 0.3) is 5.91 Å². The maximum absolute atomic E-state index is 12.6. The van der Waals surface area contributed by atoms with Crippen molar-refractivity contribution in [3.05, 3.63) is 40.7 Å². The van der Waals surface area contributed by atoms with E-state index in [1.54, 1.807) is 43.0 Å². The van der Waals surface area contributed by atoms with Crippen LogP contribution in [0.2, 0.25) is 5.02 Å². The van der Waals surface area contributed by atoms with Gasteiger partial charge in [0.1, 0.15) is 16.3 Å². The fraction of sp³-hybridized carbons (Fsp3) is 0.444. The third kappa shape index (κ3) is 4.84. The molecule has 1 fully saturated rings. The quantitative estimate of drug-likeness (QED) is 0.758. The Kier molecular flexibility index (Phi) is 6.26. The van der Waals surface area contributed by atoms with Gasteiger partial charge < -0.3 is 14.2 Å². The lowest BCUT2D eigenvalue weighted by molar-refractivity contribution is -0.134. The van der Waals surface area contributed by atoms with Crippen LogP contribution in [0.25, 0.3) is 0 Å². The number of benzene rings is 1. The summed E-state index contributed by atoms with van der Waals surface area (Å²) in [5, 5.41) is 4.29. The predicted octanol–water partition coefficient (Wildman–Crippen LogP) is 2.29. The highest BCUT2D eigenvalue weighted by Crippen LogP contribution is 2.21. The molecular formula is C18H22ClN3O5S. The summed E-state index contributed by atoms with van der Waals surface area (Å²) in [5.74, 6) is 0.693. The minimum absolute atomic E-state index is 0.0723. The minimum atomic E-state index is -3.71. The van der Waals surface area contributed by atoms with Gasteiger partial charge in [-0.3, -0.25) is 4.79 Å². The van der Waals surface area contributed by atoms with Crippen molar-refractivity contribution in [2.24, 2.45) is 0 Å². The van der Waals surface area contributed by atoms with Gasteiger partial charge in [-0.2, -0.15) is 0 Å². The van der Waals surface area contributed by atoms with E-state index in [1.165, 1.54) is 0 Å². The topological polar surface area (TPSA) is 102 Å². The second-order valence-electron chi connectivity index (χ2n) is 6.67. The fourth-order valence-corrected chi connectivity index (χ4v) is 4.91. The average Bonchev–Trinajstić information content (AvgIpc) is 3.00. The molecule has 2 aromatic rings.